The summed E-state index contributed by atoms with van der Waals surface area (Å²) in [5.74, 6) is 0.393. The van der Waals surface area contributed by atoms with Crippen molar-refractivity contribution in [3.63, 3.8) is 0 Å². The van der Waals surface area contributed by atoms with Crippen molar-refractivity contribution in [1.82, 2.24) is 14.6 Å². The molecule has 0 spiro atoms. The van der Waals surface area contributed by atoms with Crippen LogP contribution < -0.4 is 15.8 Å². The minimum absolute atomic E-state index is 0.307. The summed E-state index contributed by atoms with van der Waals surface area (Å²) >= 11 is 0. The maximum atomic E-state index is 13.4. The van der Waals surface area contributed by atoms with E-state index in [1.54, 1.807) is 22.6 Å². The number of hydrogen-bond acceptors (Lipinski definition) is 6. The van der Waals surface area contributed by atoms with Gasteiger partial charge in [0.25, 0.3) is 0 Å². The summed E-state index contributed by atoms with van der Waals surface area (Å²) < 4.78 is 34.3. The fourth-order valence-corrected chi connectivity index (χ4v) is 5.47. The molecule has 0 saturated carbocycles. The van der Waals surface area contributed by atoms with Crippen LogP contribution in [0.15, 0.2) is 29.3 Å². The van der Waals surface area contributed by atoms with E-state index in [1.165, 1.54) is 0 Å². The second-order valence-electron chi connectivity index (χ2n) is 7.58. The van der Waals surface area contributed by atoms with E-state index in [0.29, 0.717) is 41.2 Å². The Morgan fingerprint density at radius 1 is 1.28 bits per heavy atom. The molecule has 3 rings (SSSR count). The molecule has 8 heteroatoms. The first-order valence-electron chi connectivity index (χ1n) is 10.5. The highest BCUT2D eigenvalue weighted by Gasteiger charge is 2.28. The van der Waals surface area contributed by atoms with Crippen molar-refractivity contribution in [2.45, 2.75) is 57.1 Å². The van der Waals surface area contributed by atoms with Crippen molar-refractivity contribution in [2.24, 2.45) is 5.73 Å². The van der Waals surface area contributed by atoms with Crippen LogP contribution in [-0.4, -0.2) is 50.1 Å². The quantitative estimate of drug-likeness (QED) is 0.503. The molecule has 3 N–H and O–H groups in total. The molecule has 2 aromatic rings. The van der Waals surface area contributed by atoms with E-state index in [-0.39, 0.29) is 0 Å². The molecule has 1 aromatic heterocycles. The lowest BCUT2D eigenvalue weighted by atomic mass is 10.1. The number of nitrogens with zero attached hydrogens (tertiary/aromatic N) is 2. The molecule has 1 fully saturated rings. The normalized spacial score (nSPS) is 17.2. The molecule has 1 saturated heterocycles. The predicted molar refractivity (Wildman–Crippen MR) is 115 cm³/mol. The highest BCUT2D eigenvalue weighted by atomic mass is 32.2. The molecule has 2 heterocycles. The monoisotopic (exact) mass is 420 g/mol. The van der Waals surface area contributed by atoms with Gasteiger partial charge >= 0.3 is 0 Å². The first kappa shape index (κ1) is 22.0. The summed E-state index contributed by atoms with van der Waals surface area (Å²) in [6.07, 6.45) is 5.95. The number of hydrogen-bond donors (Lipinski definition) is 2. The average molecular weight is 421 g/mol. The van der Waals surface area contributed by atoms with Crippen LogP contribution >= 0.6 is 0 Å². The molecule has 0 bridgehead atoms. The van der Waals surface area contributed by atoms with Crippen LogP contribution in [0.3, 0.4) is 0 Å². The molecular weight excluding hydrogens is 388 g/mol. The third kappa shape index (κ3) is 5.06. The Labute approximate surface area is 173 Å². The van der Waals surface area contributed by atoms with Gasteiger partial charge in [-0.3, -0.25) is 5.73 Å². The van der Waals surface area contributed by atoms with Gasteiger partial charge in [0, 0.05) is 36.6 Å². The van der Waals surface area contributed by atoms with Crippen LogP contribution in [0.4, 0.5) is 0 Å². The minimum atomic E-state index is -3.62. The molecule has 0 radical (unpaired) electrons. The molecule has 0 aliphatic carbocycles. The van der Waals surface area contributed by atoms with Crippen LogP contribution in [-0.2, 0) is 10.0 Å². The van der Waals surface area contributed by atoms with Crippen molar-refractivity contribution < 1.29 is 13.2 Å². The Bertz CT molecular complexity index is 925. The van der Waals surface area contributed by atoms with Crippen LogP contribution in [0.1, 0.15) is 44.6 Å². The maximum Gasteiger partial charge on any atom is 0.243 e. The molecule has 1 atom stereocenters. The topological polar surface area (TPSA) is 97.5 Å². The number of fused-ring (bicyclic) bond motifs is 1. The smallest absolute Gasteiger partial charge is 0.243 e. The zero-order valence-electron chi connectivity index (χ0n) is 17.4. The highest BCUT2D eigenvalue weighted by Crippen LogP contribution is 2.33. The van der Waals surface area contributed by atoms with Gasteiger partial charge in [0.2, 0.25) is 15.9 Å². The van der Waals surface area contributed by atoms with Crippen LogP contribution in [0.25, 0.3) is 10.8 Å². The Balaban J connectivity index is 1.97. The van der Waals surface area contributed by atoms with E-state index in [0.717, 1.165) is 44.2 Å². The number of ether oxygens (including phenoxy) is 1. The Kier molecular flexibility index (Phi) is 7.45. The summed E-state index contributed by atoms with van der Waals surface area (Å²) in [6, 6.07) is 5.28. The molecule has 1 aliphatic heterocycles. The molecule has 1 aliphatic rings. The molecular formula is C21H32N4O3S. The van der Waals surface area contributed by atoms with E-state index in [1.807, 2.05) is 13.0 Å². The lowest BCUT2D eigenvalue weighted by molar-refractivity contribution is 0.189. The number of sulfonamides is 1. The number of aryl methyl sites for hydroxylation is 1. The second-order valence-corrected chi connectivity index (χ2v) is 9.49. The van der Waals surface area contributed by atoms with E-state index in [4.69, 9.17) is 10.5 Å². The first-order chi connectivity index (χ1) is 13.9. The van der Waals surface area contributed by atoms with Gasteiger partial charge < -0.3 is 10.1 Å². The van der Waals surface area contributed by atoms with Crippen LogP contribution in [0, 0.1) is 6.92 Å². The maximum absolute atomic E-state index is 13.4. The van der Waals surface area contributed by atoms with Gasteiger partial charge in [-0.2, -0.15) is 4.31 Å². The average Bonchev–Trinajstić information content (AvgIpc) is 3.00. The summed E-state index contributed by atoms with van der Waals surface area (Å²) in [5.41, 5.74) is 6.94. The van der Waals surface area contributed by atoms with Crippen molar-refractivity contribution >= 4 is 20.8 Å². The largest absolute Gasteiger partial charge is 0.458 e. The molecule has 0 amide bonds. The summed E-state index contributed by atoms with van der Waals surface area (Å²) in [7, 11) is -3.62. The third-order valence-electron chi connectivity index (χ3n) is 5.30. The van der Waals surface area contributed by atoms with E-state index >= 15 is 0 Å². The van der Waals surface area contributed by atoms with Gasteiger partial charge in [-0.25, -0.2) is 13.4 Å². The zero-order chi connectivity index (χ0) is 20.9. The lowest BCUT2D eigenvalue weighted by Gasteiger charge is -2.22. The third-order valence-corrected chi connectivity index (χ3v) is 7.24. The van der Waals surface area contributed by atoms with Crippen molar-refractivity contribution in [3.05, 3.63) is 30.0 Å². The number of nitrogens with two attached hydrogens (primary N) is 1. The summed E-state index contributed by atoms with van der Waals surface area (Å²) in [4.78, 5) is 4.71. The van der Waals surface area contributed by atoms with Gasteiger partial charge in [-0.15, -0.1) is 0 Å². The van der Waals surface area contributed by atoms with Crippen LogP contribution in [0.5, 0.6) is 5.88 Å². The number of rotatable bonds is 8. The van der Waals surface area contributed by atoms with Gasteiger partial charge in [0.05, 0.1) is 4.90 Å². The minimum Gasteiger partial charge on any atom is -0.458 e. The summed E-state index contributed by atoms with van der Waals surface area (Å²) in [5, 5.41) is 4.60. The van der Waals surface area contributed by atoms with E-state index < -0.39 is 16.3 Å². The molecule has 1 unspecified atom stereocenters. The van der Waals surface area contributed by atoms with Gasteiger partial charge in [-0.05, 0) is 50.4 Å². The lowest BCUT2D eigenvalue weighted by Crippen LogP contribution is -2.34. The van der Waals surface area contributed by atoms with Crippen molar-refractivity contribution in [2.75, 3.05) is 26.2 Å². The molecule has 7 nitrogen and oxygen atoms in total. The number of pyridine rings is 1. The summed E-state index contributed by atoms with van der Waals surface area (Å²) in [6.45, 7) is 6.49. The predicted octanol–water partition coefficient (Wildman–Crippen LogP) is 2.77. The SMILES string of the molecule is CCCCCC(N)Oc1ncc(C)c2c(S(=O)(=O)N3CCCNCC3)cccc12. The first-order valence-corrected chi connectivity index (χ1v) is 11.9. The second kappa shape index (κ2) is 9.84. The number of aromatic nitrogens is 1. The molecule has 29 heavy (non-hydrogen) atoms. The van der Waals surface area contributed by atoms with Gasteiger partial charge in [0.15, 0.2) is 0 Å². The van der Waals surface area contributed by atoms with E-state index in [9.17, 15) is 8.42 Å². The Hall–Kier alpha value is -1.74. The van der Waals surface area contributed by atoms with E-state index in [2.05, 4.69) is 17.2 Å². The van der Waals surface area contributed by atoms with Gasteiger partial charge in [0.1, 0.15) is 6.23 Å². The molecule has 1 aromatic carbocycles. The highest BCUT2D eigenvalue weighted by molar-refractivity contribution is 7.89. The standard InChI is InChI=1S/C21H32N4O3S/c1-3-4-5-10-19(22)28-21-17-8-6-9-18(20(17)16(2)15-24-21)29(26,27)25-13-7-11-23-12-14-25/h6,8-9,15,19,23H,3-5,7,10-14,22H2,1-2H3. The van der Waals surface area contributed by atoms with Crippen molar-refractivity contribution in [3.8, 4) is 5.88 Å². The number of benzene rings is 1. The number of unbranched alkanes of at least 4 members (excludes halogenated alkanes) is 2. The Morgan fingerprint density at radius 3 is 2.90 bits per heavy atom. The van der Waals surface area contributed by atoms with Crippen LogP contribution in [0.2, 0.25) is 0 Å². The van der Waals surface area contributed by atoms with Crippen molar-refractivity contribution in [1.29, 1.82) is 0 Å². The fraction of sp³-hybridized carbons (Fsp3) is 0.571. The molecule has 160 valence electrons. The van der Waals surface area contributed by atoms with Gasteiger partial charge in [-0.1, -0.05) is 25.8 Å². The zero-order valence-corrected chi connectivity index (χ0v) is 18.2. The number of nitrogens with one attached hydrogen (secondary N) is 1. The fourth-order valence-electron chi connectivity index (χ4n) is 3.71. The Morgan fingerprint density at radius 2 is 2.10 bits per heavy atom.